The molecule has 20 heavy (non-hydrogen) atoms. The van der Waals surface area contributed by atoms with Crippen molar-refractivity contribution in [2.24, 2.45) is 0 Å². The van der Waals surface area contributed by atoms with Crippen molar-refractivity contribution in [3.8, 4) is 5.88 Å². The molecule has 2 heterocycles. The molecule has 2 rings (SSSR count). The van der Waals surface area contributed by atoms with Gasteiger partial charge in [0.25, 0.3) is 0 Å². The van der Waals surface area contributed by atoms with E-state index in [0.29, 0.717) is 5.88 Å². The first kappa shape index (κ1) is 15.3. The highest BCUT2D eigenvalue weighted by atomic mass is 16.7. The van der Waals surface area contributed by atoms with Gasteiger partial charge in [-0.2, -0.15) is 0 Å². The van der Waals surface area contributed by atoms with Crippen LogP contribution in [0.1, 0.15) is 47.1 Å². The number of hydrogen-bond acceptors (Lipinski definition) is 4. The van der Waals surface area contributed by atoms with Crippen LogP contribution in [0.2, 0.25) is 0 Å². The number of aryl methyl sites for hydroxylation is 1. The number of hydrogen-bond donors (Lipinski definition) is 0. The van der Waals surface area contributed by atoms with Gasteiger partial charge >= 0.3 is 7.12 Å². The van der Waals surface area contributed by atoms with Crippen LogP contribution in [-0.4, -0.2) is 29.4 Å². The van der Waals surface area contributed by atoms with Crippen LogP contribution in [-0.2, 0) is 9.31 Å². The van der Waals surface area contributed by atoms with Crippen molar-refractivity contribution in [1.29, 1.82) is 0 Å². The molecule has 1 aromatic rings. The highest BCUT2D eigenvalue weighted by molar-refractivity contribution is 6.62. The van der Waals surface area contributed by atoms with E-state index >= 15 is 0 Å². The number of pyridine rings is 1. The summed E-state index contributed by atoms with van der Waals surface area (Å²) in [6.07, 6.45) is 1.89. The minimum atomic E-state index is -0.376. The molecule has 0 aliphatic carbocycles. The maximum Gasteiger partial charge on any atom is 0.496 e. The molecule has 1 fully saturated rings. The molecular formula is C15H24BNO3. The summed E-state index contributed by atoms with van der Waals surface area (Å²) in [5, 5.41) is 0. The zero-order valence-corrected chi connectivity index (χ0v) is 13.5. The van der Waals surface area contributed by atoms with Crippen LogP contribution in [0.4, 0.5) is 0 Å². The summed E-state index contributed by atoms with van der Waals surface area (Å²) in [6, 6.07) is 2.02. The fourth-order valence-electron chi connectivity index (χ4n) is 2.04. The Morgan fingerprint density at radius 3 is 2.15 bits per heavy atom. The molecule has 0 aromatic carbocycles. The van der Waals surface area contributed by atoms with Crippen LogP contribution in [0.15, 0.2) is 12.3 Å². The SMILES string of the molecule is Cc1cc(B2OC(C)(C)C(C)(C)O2)cnc1OC(C)C. The van der Waals surface area contributed by atoms with E-state index in [0.717, 1.165) is 11.0 Å². The maximum atomic E-state index is 6.02. The van der Waals surface area contributed by atoms with E-state index in [1.165, 1.54) is 0 Å². The van der Waals surface area contributed by atoms with Gasteiger partial charge in [-0.15, -0.1) is 0 Å². The van der Waals surface area contributed by atoms with Crippen LogP contribution in [0.5, 0.6) is 5.88 Å². The Kier molecular flexibility index (Phi) is 3.86. The Labute approximate surface area is 122 Å². The summed E-state index contributed by atoms with van der Waals surface area (Å²) >= 11 is 0. The predicted molar refractivity (Wildman–Crippen MR) is 80.5 cm³/mol. The van der Waals surface area contributed by atoms with Crippen LogP contribution < -0.4 is 10.2 Å². The van der Waals surface area contributed by atoms with Crippen molar-refractivity contribution in [1.82, 2.24) is 4.98 Å². The zero-order valence-electron chi connectivity index (χ0n) is 13.5. The molecule has 0 amide bonds. The lowest BCUT2D eigenvalue weighted by Crippen LogP contribution is -2.41. The molecular weight excluding hydrogens is 253 g/mol. The van der Waals surface area contributed by atoms with E-state index in [1.807, 2.05) is 54.5 Å². The first-order valence-corrected chi connectivity index (χ1v) is 7.11. The first-order valence-electron chi connectivity index (χ1n) is 7.11. The smallest absolute Gasteiger partial charge is 0.475 e. The van der Waals surface area contributed by atoms with E-state index in [9.17, 15) is 0 Å². The molecule has 4 nitrogen and oxygen atoms in total. The quantitative estimate of drug-likeness (QED) is 0.796. The van der Waals surface area contributed by atoms with Crippen molar-refractivity contribution in [2.75, 3.05) is 0 Å². The van der Waals surface area contributed by atoms with Crippen LogP contribution >= 0.6 is 0 Å². The van der Waals surface area contributed by atoms with Crippen molar-refractivity contribution in [3.63, 3.8) is 0 Å². The summed E-state index contributed by atoms with van der Waals surface area (Å²) in [6.45, 7) is 14.1. The fraction of sp³-hybridized carbons (Fsp3) is 0.667. The Morgan fingerprint density at radius 1 is 1.15 bits per heavy atom. The third-order valence-electron chi connectivity index (χ3n) is 3.92. The van der Waals surface area contributed by atoms with Crippen LogP contribution in [0.3, 0.4) is 0 Å². The van der Waals surface area contributed by atoms with Crippen molar-refractivity contribution >= 4 is 12.6 Å². The normalized spacial score (nSPS) is 20.5. The average Bonchev–Trinajstić information content (AvgIpc) is 2.50. The van der Waals surface area contributed by atoms with E-state index in [2.05, 4.69) is 4.98 Å². The summed E-state index contributed by atoms with van der Waals surface area (Å²) in [7, 11) is -0.376. The summed E-state index contributed by atoms with van der Waals surface area (Å²) in [5.74, 6) is 0.667. The lowest BCUT2D eigenvalue weighted by atomic mass is 9.80. The van der Waals surface area contributed by atoms with Gasteiger partial charge in [-0.1, -0.05) is 6.07 Å². The number of rotatable bonds is 3. The lowest BCUT2D eigenvalue weighted by molar-refractivity contribution is 0.00578. The van der Waals surface area contributed by atoms with Crippen molar-refractivity contribution in [2.45, 2.75) is 65.8 Å². The second kappa shape index (κ2) is 5.04. The molecule has 1 aliphatic rings. The molecule has 0 saturated carbocycles. The summed E-state index contributed by atoms with van der Waals surface area (Å²) in [4.78, 5) is 4.38. The molecule has 5 heteroatoms. The fourth-order valence-corrected chi connectivity index (χ4v) is 2.04. The molecule has 0 N–H and O–H groups in total. The number of nitrogens with zero attached hydrogens (tertiary/aromatic N) is 1. The van der Waals surface area contributed by atoms with Crippen LogP contribution in [0.25, 0.3) is 0 Å². The number of ether oxygens (including phenoxy) is 1. The second-order valence-corrected chi connectivity index (χ2v) is 6.65. The zero-order chi connectivity index (χ0) is 15.1. The summed E-state index contributed by atoms with van der Waals surface area (Å²) in [5.41, 5.74) is 1.25. The number of aromatic nitrogens is 1. The Bertz CT molecular complexity index is 484. The minimum absolute atomic E-state index is 0.115. The van der Waals surface area contributed by atoms with Crippen LogP contribution in [0, 0.1) is 6.92 Å². The third kappa shape index (κ3) is 2.84. The lowest BCUT2D eigenvalue weighted by Gasteiger charge is -2.32. The van der Waals surface area contributed by atoms with Gasteiger partial charge in [0, 0.05) is 17.2 Å². The first-order chi connectivity index (χ1) is 9.12. The van der Waals surface area contributed by atoms with Crippen molar-refractivity contribution in [3.05, 3.63) is 17.8 Å². The molecule has 0 bridgehead atoms. The Balaban J connectivity index is 2.22. The molecule has 1 aromatic heterocycles. The average molecular weight is 277 g/mol. The molecule has 0 spiro atoms. The van der Waals surface area contributed by atoms with Gasteiger partial charge in [0.1, 0.15) is 0 Å². The molecule has 0 unspecified atom stereocenters. The van der Waals surface area contributed by atoms with E-state index in [1.54, 1.807) is 6.20 Å². The highest BCUT2D eigenvalue weighted by Gasteiger charge is 2.51. The van der Waals surface area contributed by atoms with Gasteiger partial charge in [0.2, 0.25) is 5.88 Å². The van der Waals surface area contributed by atoms with E-state index in [4.69, 9.17) is 14.0 Å². The van der Waals surface area contributed by atoms with Gasteiger partial charge in [-0.25, -0.2) is 4.98 Å². The monoisotopic (exact) mass is 277 g/mol. The Morgan fingerprint density at radius 2 is 1.70 bits per heavy atom. The highest BCUT2D eigenvalue weighted by Crippen LogP contribution is 2.36. The minimum Gasteiger partial charge on any atom is -0.475 e. The van der Waals surface area contributed by atoms with Crippen molar-refractivity contribution < 1.29 is 14.0 Å². The topological polar surface area (TPSA) is 40.6 Å². The third-order valence-corrected chi connectivity index (χ3v) is 3.92. The molecule has 1 saturated heterocycles. The van der Waals surface area contributed by atoms with Gasteiger partial charge in [0.05, 0.1) is 17.3 Å². The van der Waals surface area contributed by atoms with E-state index in [-0.39, 0.29) is 24.4 Å². The second-order valence-electron chi connectivity index (χ2n) is 6.65. The van der Waals surface area contributed by atoms with E-state index < -0.39 is 0 Å². The summed E-state index contributed by atoms with van der Waals surface area (Å²) < 4.78 is 17.7. The molecule has 110 valence electrons. The predicted octanol–water partition coefficient (Wildman–Crippen LogP) is 2.48. The molecule has 0 radical (unpaired) electrons. The van der Waals surface area contributed by atoms with Gasteiger partial charge in [0.15, 0.2) is 0 Å². The van der Waals surface area contributed by atoms with Gasteiger partial charge < -0.3 is 14.0 Å². The standard InChI is InChI=1S/C15H24BNO3/c1-10(2)18-13-11(3)8-12(9-17-13)16-19-14(4,5)15(6,7)20-16/h8-10H,1-7H3. The Hall–Kier alpha value is -1.07. The maximum absolute atomic E-state index is 6.02. The molecule has 1 aliphatic heterocycles. The van der Waals surface area contributed by atoms with Gasteiger partial charge in [-0.05, 0) is 48.5 Å². The molecule has 0 atom stereocenters. The largest absolute Gasteiger partial charge is 0.496 e. The van der Waals surface area contributed by atoms with Gasteiger partial charge in [-0.3, -0.25) is 0 Å².